The fourth-order valence-electron chi connectivity index (χ4n) is 0.268. The van der Waals surface area contributed by atoms with E-state index >= 15 is 0 Å². The predicted molar refractivity (Wildman–Crippen MR) is 30.7 cm³/mol. The first-order valence-electron chi connectivity index (χ1n) is 2.60. The molecule has 0 aromatic rings. The molecule has 1 atom stereocenters. The van der Waals surface area contributed by atoms with E-state index in [4.69, 9.17) is 10.2 Å². The summed E-state index contributed by atoms with van der Waals surface area (Å²) in [6.45, 7) is 0.693. The molecule has 0 heterocycles. The highest BCUT2D eigenvalue weighted by molar-refractivity contribution is 5.73. The smallest absolute Gasteiger partial charge is 0.332 e. The lowest BCUT2D eigenvalue weighted by molar-refractivity contribution is -0.154. The van der Waals surface area contributed by atoms with Crippen molar-refractivity contribution in [2.75, 3.05) is 6.61 Å². The number of carbonyl (C=O) groups is 2. The lowest BCUT2D eigenvalue weighted by Gasteiger charge is -2.03. The third kappa shape index (κ3) is 3.85. The van der Waals surface area contributed by atoms with Crippen molar-refractivity contribution in [3.05, 3.63) is 0 Å². The highest BCUT2D eigenvalue weighted by Gasteiger charge is 2.11. The SMILES string of the molecule is C[C@@H](OCC(=O)O)C(=O)O. The first kappa shape index (κ1) is 8.90. The summed E-state index contributed by atoms with van der Waals surface area (Å²) in [5.41, 5.74) is 0. The second kappa shape index (κ2) is 3.84. The summed E-state index contributed by atoms with van der Waals surface area (Å²) in [6.07, 6.45) is -1.06. The van der Waals surface area contributed by atoms with Crippen LogP contribution in [0, 0.1) is 0 Å². The summed E-state index contributed by atoms with van der Waals surface area (Å²) in [5.74, 6) is -2.34. The lowest BCUT2D eigenvalue weighted by Crippen LogP contribution is -2.23. The van der Waals surface area contributed by atoms with Crippen LogP contribution in [0.1, 0.15) is 6.92 Å². The van der Waals surface area contributed by atoms with Crippen molar-refractivity contribution in [3.63, 3.8) is 0 Å². The second-order valence-corrected chi connectivity index (χ2v) is 1.69. The maximum absolute atomic E-state index is 9.99. The van der Waals surface area contributed by atoms with Gasteiger partial charge >= 0.3 is 11.9 Å². The Bertz CT molecular complexity index is 141. The van der Waals surface area contributed by atoms with Crippen molar-refractivity contribution in [1.82, 2.24) is 0 Å². The number of carboxylic acid groups (broad SMARTS) is 2. The highest BCUT2D eigenvalue weighted by atomic mass is 16.5. The molecule has 0 fully saturated rings. The Kier molecular flexibility index (Phi) is 3.42. The zero-order valence-electron chi connectivity index (χ0n) is 5.40. The number of hydrogen-bond acceptors (Lipinski definition) is 3. The van der Waals surface area contributed by atoms with Gasteiger partial charge < -0.3 is 14.9 Å². The molecule has 0 rings (SSSR count). The van der Waals surface area contributed by atoms with Crippen LogP contribution in [0.15, 0.2) is 0 Å². The Morgan fingerprint density at radius 1 is 1.50 bits per heavy atom. The molecule has 2 N–H and O–H groups in total. The summed E-state index contributed by atoms with van der Waals surface area (Å²) in [4.78, 5) is 19.8. The molecule has 0 aromatic carbocycles. The van der Waals surface area contributed by atoms with E-state index in [2.05, 4.69) is 4.74 Å². The fraction of sp³-hybridized carbons (Fsp3) is 0.600. The number of carboxylic acids is 2. The molecule has 58 valence electrons. The topological polar surface area (TPSA) is 83.8 Å². The average Bonchev–Trinajstić information content (AvgIpc) is 1.82. The first-order chi connectivity index (χ1) is 4.54. The molecule has 5 heteroatoms. The zero-order valence-corrected chi connectivity index (χ0v) is 5.40. The van der Waals surface area contributed by atoms with Crippen LogP contribution in [0.4, 0.5) is 0 Å². The van der Waals surface area contributed by atoms with Crippen LogP contribution in [0.2, 0.25) is 0 Å². The predicted octanol–water partition coefficient (Wildman–Crippen LogP) is -0.439. The number of aliphatic carboxylic acids is 2. The molecule has 5 nitrogen and oxygen atoms in total. The first-order valence-corrected chi connectivity index (χ1v) is 2.60. The molecule has 0 saturated carbocycles. The maximum Gasteiger partial charge on any atom is 0.332 e. The zero-order chi connectivity index (χ0) is 8.15. The Morgan fingerprint density at radius 2 is 2.00 bits per heavy atom. The van der Waals surface area contributed by atoms with Crippen molar-refractivity contribution < 1.29 is 24.5 Å². The van der Waals surface area contributed by atoms with E-state index in [1.54, 1.807) is 0 Å². The molecule has 0 aliphatic carbocycles. The van der Waals surface area contributed by atoms with Gasteiger partial charge in [0.1, 0.15) is 6.61 Å². The summed E-state index contributed by atoms with van der Waals surface area (Å²) in [6, 6.07) is 0. The minimum absolute atomic E-state index is 0.576. The Morgan fingerprint density at radius 3 is 2.30 bits per heavy atom. The standard InChI is InChI=1S/C5H8O5/c1-3(5(8)9)10-2-4(6)7/h3H,2H2,1H3,(H,6,7)(H,8,9)/t3-/m1/s1. The third-order valence-corrected chi connectivity index (χ3v) is 0.805. The van der Waals surface area contributed by atoms with Crippen molar-refractivity contribution in [3.8, 4) is 0 Å². The van der Waals surface area contributed by atoms with Gasteiger partial charge in [-0.05, 0) is 6.92 Å². The summed E-state index contributed by atoms with van der Waals surface area (Å²) < 4.78 is 4.37. The van der Waals surface area contributed by atoms with Crippen molar-refractivity contribution >= 4 is 11.9 Å². The van der Waals surface area contributed by atoms with Crippen LogP contribution in [0.5, 0.6) is 0 Å². The summed E-state index contributed by atoms with van der Waals surface area (Å²) >= 11 is 0. The fourth-order valence-corrected chi connectivity index (χ4v) is 0.268. The number of ether oxygens (including phenoxy) is 1. The Balaban J connectivity index is 3.49. The average molecular weight is 148 g/mol. The van der Waals surface area contributed by atoms with Gasteiger partial charge in [0.25, 0.3) is 0 Å². The van der Waals surface area contributed by atoms with Gasteiger partial charge in [0.2, 0.25) is 0 Å². The van der Waals surface area contributed by atoms with Crippen LogP contribution in [0.25, 0.3) is 0 Å². The Labute approximate surface area is 57.2 Å². The maximum atomic E-state index is 9.99. The van der Waals surface area contributed by atoms with Crippen LogP contribution in [0.3, 0.4) is 0 Å². The molecule has 10 heavy (non-hydrogen) atoms. The van der Waals surface area contributed by atoms with Crippen molar-refractivity contribution in [2.24, 2.45) is 0 Å². The second-order valence-electron chi connectivity index (χ2n) is 1.69. The van der Waals surface area contributed by atoms with E-state index in [1.165, 1.54) is 6.92 Å². The minimum atomic E-state index is -1.17. The molecule has 0 aliphatic heterocycles. The van der Waals surface area contributed by atoms with Crippen LogP contribution in [-0.2, 0) is 14.3 Å². The van der Waals surface area contributed by atoms with Crippen molar-refractivity contribution in [1.29, 1.82) is 0 Å². The number of rotatable bonds is 4. The lowest BCUT2D eigenvalue weighted by atomic mass is 10.4. The molecule has 0 unspecified atom stereocenters. The third-order valence-electron chi connectivity index (χ3n) is 0.805. The largest absolute Gasteiger partial charge is 0.480 e. The molecule has 0 bridgehead atoms. The van der Waals surface area contributed by atoms with Gasteiger partial charge in [-0.25, -0.2) is 9.59 Å². The van der Waals surface area contributed by atoms with Gasteiger partial charge in [0, 0.05) is 0 Å². The van der Waals surface area contributed by atoms with Gasteiger partial charge in [-0.1, -0.05) is 0 Å². The van der Waals surface area contributed by atoms with E-state index in [-0.39, 0.29) is 0 Å². The number of hydrogen-bond donors (Lipinski definition) is 2. The molecule has 0 saturated heterocycles. The van der Waals surface area contributed by atoms with Gasteiger partial charge in [-0.3, -0.25) is 0 Å². The normalized spacial score (nSPS) is 12.5. The van der Waals surface area contributed by atoms with E-state index < -0.39 is 24.6 Å². The molecule has 0 aliphatic rings. The van der Waals surface area contributed by atoms with Crippen LogP contribution >= 0.6 is 0 Å². The van der Waals surface area contributed by atoms with Crippen LogP contribution < -0.4 is 0 Å². The summed E-state index contributed by atoms with van der Waals surface area (Å²) in [7, 11) is 0. The van der Waals surface area contributed by atoms with Crippen molar-refractivity contribution in [2.45, 2.75) is 13.0 Å². The summed E-state index contributed by atoms with van der Waals surface area (Å²) in [5, 5.41) is 16.2. The molecular formula is C5H8O5. The van der Waals surface area contributed by atoms with Gasteiger partial charge in [0.15, 0.2) is 6.10 Å². The van der Waals surface area contributed by atoms with E-state index in [9.17, 15) is 9.59 Å². The monoisotopic (exact) mass is 148 g/mol. The molecule has 0 radical (unpaired) electrons. The Hall–Kier alpha value is -1.10. The van der Waals surface area contributed by atoms with Gasteiger partial charge in [-0.15, -0.1) is 0 Å². The van der Waals surface area contributed by atoms with Gasteiger partial charge in [-0.2, -0.15) is 0 Å². The molecule has 0 spiro atoms. The van der Waals surface area contributed by atoms with E-state index in [1.807, 2.05) is 0 Å². The minimum Gasteiger partial charge on any atom is -0.480 e. The van der Waals surface area contributed by atoms with E-state index in [0.29, 0.717) is 0 Å². The molecule has 0 amide bonds. The van der Waals surface area contributed by atoms with Gasteiger partial charge in [0.05, 0.1) is 0 Å². The quantitative estimate of drug-likeness (QED) is 0.564. The highest BCUT2D eigenvalue weighted by Crippen LogP contribution is 1.88. The van der Waals surface area contributed by atoms with E-state index in [0.717, 1.165) is 0 Å². The molecule has 0 aromatic heterocycles. The van der Waals surface area contributed by atoms with Crippen LogP contribution in [-0.4, -0.2) is 34.9 Å². The molecular weight excluding hydrogens is 140 g/mol.